The van der Waals surface area contributed by atoms with Gasteiger partial charge in [0, 0.05) is 17.1 Å². The van der Waals surface area contributed by atoms with Crippen LogP contribution in [0.3, 0.4) is 0 Å². The van der Waals surface area contributed by atoms with Gasteiger partial charge in [-0.15, -0.1) is 0 Å². The summed E-state index contributed by atoms with van der Waals surface area (Å²) in [4.78, 5) is 16.2. The molecule has 2 aromatic carbocycles. The van der Waals surface area contributed by atoms with Gasteiger partial charge < -0.3 is 5.32 Å². The lowest BCUT2D eigenvalue weighted by Crippen LogP contribution is -2.12. The minimum Gasteiger partial charge on any atom is -0.321 e. The zero-order valence-electron chi connectivity index (χ0n) is 11.4. The van der Waals surface area contributed by atoms with Gasteiger partial charge >= 0.3 is 0 Å². The minimum atomic E-state index is -0.404. The van der Waals surface area contributed by atoms with Crippen LogP contribution in [-0.2, 0) is 0 Å². The fourth-order valence-corrected chi connectivity index (χ4v) is 2.15. The second-order valence-corrected chi connectivity index (χ2v) is 4.81. The molecule has 0 atom stereocenters. The van der Waals surface area contributed by atoms with E-state index in [1.807, 2.05) is 19.1 Å². The average Bonchev–Trinajstić information content (AvgIpc) is 2.49. The monoisotopic (exact) mass is 280 g/mol. The van der Waals surface area contributed by atoms with E-state index >= 15 is 0 Å². The Bertz CT molecular complexity index is 813. The van der Waals surface area contributed by atoms with Gasteiger partial charge in [-0.3, -0.25) is 9.78 Å². The highest BCUT2D eigenvalue weighted by molar-refractivity contribution is 6.08. The summed E-state index contributed by atoms with van der Waals surface area (Å²) in [6.07, 6.45) is 1.48. The summed E-state index contributed by atoms with van der Waals surface area (Å²) in [6.45, 7) is 1.96. The highest BCUT2D eigenvalue weighted by atomic mass is 19.1. The van der Waals surface area contributed by atoms with Crippen LogP contribution >= 0.6 is 0 Å². The Morgan fingerprint density at radius 3 is 2.62 bits per heavy atom. The maximum absolute atomic E-state index is 13.7. The number of hydrogen-bond acceptors (Lipinski definition) is 2. The maximum Gasteiger partial charge on any atom is 0.255 e. The van der Waals surface area contributed by atoms with E-state index in [1.54, 1.807) is 30.3 Å². The lowest BCUT2D eigenvalue weighted by atomic mass is 10.1. The van der Waals surface area contributed by atoms with Gasteiger partial charge in [-0.05, 0) is 31.2 Å². The van der Waals surface area contributed by atoms with Crippen molar-refractivity contribution in [2.75, 3.05) is 5.32 Å². The van der Waals surface area contributed by atoms with Crippen molar-refractivity contribution >= 4 is 22.5 Å². The summed E-state index contributed by atoms with van der Waals surface area (Å²) in [5.41, 5.74) is 2.44. The molecule has 1 heterocycles. The Balaban J connectivity index is 1.96. The van der Waals surface area contributed by atoms with E-state index < -0.39 is 5.82 Å². The molecule has 3 rings (SSSR count). The van der Waals surface area contributed by atoms with E-state index in [4.69, 9.17) is 0 Å². The first-order chi connectivity index (χ1) is 10.1. The molecule has 0 radical (unpaired) electrons. The van der Waals surface area contributed by atoms with E-state index in [0.29, 0.717) is 16.6 Å². The largest absolute Gasteiger partial charge is 0.321 e. The van der Waals surface area contributed by atoms with Gasteiger partial charge in [-0.25, -0.2) is 4.39 Å². The lowest BCUT2D eigenvalue weighted by molar-refractivity contribution is 0.102. The quantitative estimate of drug-likeness (QED) is 0.772. The molecular formula is C17H13FN2O. The number of nitrogens with zero attached hydrogens (tertiary/aromatic N) is 1. The first-order valence-electron chi connectivity index (χ1n) is 6.56. The molecule has 0 saturated heterocycles. The van der Waals surface area contributed by atoms with Crippen LogP contribution in [0.2, 0.25) is 0 Å². The summed E-state index contributed by atoms with van der Waals surface area (Å²) in [6, 6.07) is 13.6. The highest BCUT2D eigenvalue weighted by Crippen LogP contribution is 2.23. The van der Waals surface area contributed by atoms with Crippen molar-refractivity contribution in [2.45, 2.75) is 6.92 Å². The molecule has 0 fully saturated rings. The van der Waals surface area contributed by atoms with E-state index in [1.165, 1.54) is 12.3 Å². The summed E-state index contributed by atoms with van der Waals surface area (Å²) in [5.74, 6) is -0.634. The van der Waals surface area contributed by atoms with E-state index in [0.717, 1.165) is 5.56 Å². The standard InChI is InChI=1S/C17H13FN2O/c1-11-5-7-12(8-6-11)17(21)20-15-9-10-19-16-13(15)3-2-4-14(16)18/h2-10H,1H3,(H,19,20,21). The lowest BCUT2D eigenvalue weighted by Gasteiger charge is -2.09. The molecule has 0 aliphatic heterocycles. The van der Waals surface area contributed by atoms with E-state index in [9.17, 15) is 9.18 Å². The van der Waals surface area contributed by atoms with Crippen molar-refractivity contribution in [3.63, 3.8) is 0 Å². The molecule has 104 valence electrons. The van der Waals surface area contributed by atoms with Crippen molar-refractivity contribution in [3.05, 3.63) is 71.7 Å². The number of benzene rings is 2. The number of anilines is 1. The van der Waals surface area contributed by atoms with Crippen molar-refractivity contribution in [3.8, 4) is 0 Å². The second-order valence-electron chi connectivity index (χ2n) is 4.81. The zero-order chi connectivity index (χ0) is 14.8. The maximum atomic E-state index is 13.7. The Morgan fingerprint density at radius 1 is 1.10 bits per heavy atom. The number of carbonyl (C=O) groups excluding carboxylic acids is 1. The molecule has 3 aromatic rings. The van der Waals surface area contributed by atoms with Crippen molar-refractivity contribution < 1.29 is 9.18 Å². The van der Waals surface area contributed by atoms with Gasteiger partial charge in [0.1, 0.15) is 11.3 Å². The Hall–Kier alpha value is -2.75. The predicted octanol–water partition coefficient (Wildman–Crippen LogP) is 3.93. The smallest absolute Gasteiger partial charge is 0.255 e. The molecule has 1 amide bonds. The van der Waals surface area contributed by atoms with Crippen LogP contribution in [0.4, 0.5) is 10.1 Å². The molecule has 0 saturated carbocycles. The number of aromatic nitrogens is 1. The first-order valence-corrected chi connectivity index (χ1v) is 6.56. The Kier molecular flexibility index (Phi) is 3.36. The predicted molar refractivity (Wildman–Crippen MR) is 80.8 cm³/mol. The summed E-state index contributed by atoms with van der Waals surface area (Å²) in [7, 11) is 0. The second kappa shape index (κ2) is 5.32. The van der Waals surface area contributed by atoms with Crippen LogP contribution in [0.5, 0.6) is 0 Å². The normalized spacial score (nSPS) is 10.6. The molecule has 21 heavy (non-hydrogen) atoms. The number of fused-ring (bicyclic) bond motifs is 1. The third kappa shape index (κ3) is 2.60. The van der Waals surface area contributed by atoms with Gasteiger partial charge in [-0.2, -0.15) is 0 Å². The highest BCUT2D eigenvalue weighted by Gasteiger charge is 2.10. The van der Waals surface area contributed by atoms with Crippen molar-refractivity contribution in [1.29, 1.82) is 0 Å². The van der Waals surface area contributed by atoms with Gasteiger partial charge in [0.25, 0.3) is 5.91 Å². The van der Waals surface area contributed by atoms with E-state index in [-0.39, 0.29) is 11.4 Å². The van der Waals surface area contributed by atoms with Crippen LogP contribution in [0, 0.1) is 12.7 Å². The van der Waals surface area contributed by atoms with Crippen LogP contribution in [0.15, 0.2) is 54.7 Å². The topological polar surface area (TPSA) is 42.0 Å². The fraction of sp³-hybridized carbons (Fsp3) is 0.0588. The molecule has 0 aliphatic rings. The third-order valence-corrected chi connectivity index (χ3v) is 3.28. The SMILES string of the molecule is Cc1ccc(C(=O)Nc2ccnc3c(F)cccc23)cc1. The zero-order valence-corrected chi connectivity index (χ0v) is 11.4. The number of amides is 1. The van der Waals surface area contributed by atoms with Gasteiger partial charge in [0.2, 0.25) is 0 Å². The number of carbonyl (C=O) groups is 1. The summed E-state index contributed by atoms with van der Waals surface area (Å²) in [5, 5.41) is 3.38. The third-order valence-electron chi connectivity index (χ3n) is 3.28. The number of para-hydroxylation sites is 1. The molecular weight excluding hydrogens is 267 g/mol. The number of aryl methyl sites for hydroxylation is 1. The molecule has 4 heteroatoms. The first kappa shape index (κ1) is 13.2. The summed E-state index contributed by atoms with van der Waals surface area (Å²) < 4.78 is 13.7. The van der Waals surface area contributed by atoms with Gasteiger partial charge in [-0.1, -0.05) is 29.8 Å². The van der Waals surface area contributed by atoms with Gasteiger partial charge in [0.05, 0.1) is 5.69 Å². The molecule has 3 nitrogen and oxygen atoms in total. The number of halogens is 1. The number of pyridine rings is 1. The molecule has 0 bridgehead atoms. The van der Waals surface area contributed by atoms with Crippen LogP contribution < -0.4 is 5.32 Å². The molecule has 0 spiro atoms. The number of hydrogen-bond donors (Lipinski definition) is 1. The fourth-order valence-electron chi connectivity index (χ4n) is 2.15. The average molecular weight is 280 g/mol. The molecule has 0 aliphatic carbocycles. The Labute approximate surface area is 121 Å². The van der Waals surface area contributed by atoms with E-state index in [2.05, 4.69) is 10.3 Å². The minimum absolute atomic E-state index is 0.230. The number of nitrogens with one attached hydrogen (secondary N) is 1. The van der Waals surface area contributed by atoms with Crippen LogP contribution in [0.25, 0.3) is 10.9 Å². The summed E-state index contributed by atoms with van der Waals surface area (Å²) >= 11 is 0. The van der Waals surface area contributed by atoms with Crippen molar-refractivity contribution in [2.24, 2.45) is 0 Å². The van der Waals surface area contributed by atoms with Gasteiger partial charge in [0.15, 0.2) is 0 Å². The number of rotatable bonds is 2. The molecule has 0 unspecified atom stereocenters. The molecule has 1 N–H and O–H groups in total. The van der Waals surface area contributed by atoms with Crippen LogP contribution in [-0.4, -0.2) is 10.9 Å². The Morgan fingerprint density at radius 2 is 1.86 bits per heavy atom. The molecule has 1 aromatic heterocycles. The van der Waals surface area contributed by atoms with Crippen LogP contribution in [0.1, 0.15) is 15.9 Å². The van der Waals surface area contributed by atoms with Crippen molar-refractivity contribution in [1.82, 2.24) is 4.98 Å².